The number of carbonyl (C=O) groups is 1. The molecule has 0 aromatic heterocycles. The van der Waals surface area contributed by atoms with E-state index in [2.05, 4.69) is 33.1 Å². The van der Waals surface area contributed by atoms with E-state index in [4.69, 9.17) is 16.8 Å². The van der Waals surface area contributed by atoms with Gasteiger partial charge >= 0.3 is 0 Å². The fraction of sp³-hybridized carbons (Fsp3) is 0. The normalized spacial score (nSPS) is 11.2. The minimum Gasteiger partial charge on any atom is -0.410 e. The summed E-state index contributed by atoms with van der Waals surface area (Å²) in [6.45, 7) is 0. The minimum atomic E-state index is -0.503. The van der Waals surface area contributed by atoms with Gasteiger partial charge in [0.05, 0.1) is 0 Å². The maximum atomic E-state index is 12.1. The Kier molecular flexibility index (Phi) is 4.97. The van der Waals surface area contributed by atoms with E-state index in [1.165, 1.54) is 0 Å². The van der Waals surface area contributed by atoms with Crippen LogP contribution in [0.1, 0.15) is 5.56 Å². The molecule has 0 aliphatic rings. The summed E-state index contributed by atoms with van der Waals surface area (Å²) < 4.78 is 0.846. The Bertz CT molecular complexity index is 639. The van der Waals surface area contributed by atoms with Gasteiger partial charge in [-0.25, -0.2) is 0 Å². The third kappa shape index (κ3) is 3.71. The molecule has 0 bridgehead atoms. The van der Waals surface area contributed by atoms with E-state index in [9.17, 15) is 4.79 Å². The number of hydrogen-bond acceptors (Lipinski definition) is 3. The second kappa shape index (κ2) is 6.71. The van der Waals surface area contributed by atoms with Gasteiger partial charge in [-0.05, 0) is 52.9 Å². The minimum absolute atomic E-state index is 0.0886. The predicted molar refractivity (Wildman–Crippen MR) is 87.6 cm³/mol. The number of rotatable bonds is 3. The summed E-state index contributed by atoms with van der Waals surface area (Å²) in [6.07, 6.45) is 0. The first kappa shape index (κ1) is 14.8. The fourth-order valence-electron chi connectivity index (χ4n) is 1.64. The molecule has 4 nitrogen and oxygen atoms in total. The van der Waals surface area contributed by atoms with Crippen LogP contribution in [-0.2, 0) is 4.79 Å². The van der Waals surface area contributed by atoms with Gasteiger partial charge in [0.1, 0.15) is 0 Å². The molecule has 0 saturated carbocycles. The van der Waals surface area contributed by atoms with E-state index in [1.807, 2.05) is 6.07 Å². The number of halogens is 2. The van der Waals surface area contributed by atoms with Gasteiger partial charge in [-0.2, -0.15) is 0 Å². The molecule has 0 atom stereocenters. The van der Waals surface area contributed by atoms with Gasteiger partial charge in [-0.15, -0.1) is 0 Å². The molecule has 0 heterocycles. The molecule has 1 amide bonds. The van der Waals surface area contributed by atoms with E-state index in [1.54, 1.807) is 42.5 Å². The summed E-state index contributed by atoms with van der Waals surface area (Å²) in [5.41, 5.74) is 0.988. The van der Waals surface area contributed by atoms with Crippen LogP contribution in [0.15, 0.2) is 53.7 Å². The maximum absolute atomic E-state index is 12.1. The quantitative estimate of drug-likeness (QED) is 0.357. The van der Waals surface area contributed by atoms with Crippen molar-refractivity contribution in [2.45, 2.75) is 0 Å². The van der Waals surface area contributed by atoms with Gasteiger partial charge in [-0.3, -0.25) is 4.79 Å². The monoisotopic (exact) mass is 400 g/mol. The number of anilines is 1. The van der Waals surface area contributed by atoms with Crippen molar-refractivity contribution in [2.24, 2.45) is 5.16 Å². The van der Waals surface area contributed by atoms with Gasteiger partial charge in [0.2, 0.25) is 0 Å². The number of para-hydroxylation sites is 1. The summed E-state index contributed by atoms with van der Waals surface area (Å²) in [7, 11) is 0. The van der Waals surface area contributed by atoms with Gasteiger partial charge in [0, 0.05) is 19.8 Å². The number of oxime groups is 1. The third-order valence-corrected chi connectivity index (χ3v) is 3.32. The van der Waals surface area contributed by atoms with Crippen LogP contribution in [0.25, 0.3) is 0 Å². The molecule has 0 fully saturated rings. The third-order valence-electron chi connectivity index (χ3n) is 2.48. The van der Waals surface area contributed by atoms with Crippen molar-refractivity contribution in [1.82, 2.24) is 0 Å². The van der Waals surface area contributed by atoms with Crippen LogP contribution < -0.4 is 5.32 Å². The van der Waals surface area contributed by atoms with Crippen LogP contribution in [0.3, 0.4) is 0 Å². The largest absolute Gasteiger partial charge is 0.410 e. The van der Waals surface area contributed by atoms with Crippen LogP contribution in [0, 0.1) is 3.57 Å². The molecule has 20 heavy (non-hydrogen) atoms. The number of carbonyl (C=O) groups excluding carboxylic acids is 1. The lowest BCUT2D eigenvalue weighted by Gasteiger charge is -2.07. The number of nitrogens with zero attached hydrogens (tertiary/aromatic N) is 1. The number of benzene rings is 2. The molecule has 0 radical (unpaired) electrons. The lowest BCUT2D eigenvalue weighted by Crippen LogP contribution is -2.24. The Morgan fingerprint density at radius 1 is 1.20 bits per heavy atom. The van der Waals surface area contributed by atoms with Crippen molar-refractivity contribution in [1.29, 1.82) is 0 Å². The Morgan fingerprint density at radius 3 is 2.50 bits per heavy atom. The molecule has 6 heteroatoms. The van der Waals surface area contributed by atoms with Crippen LogP contribution in [0.2, 0.25) is 5.02 Å². The lowest BCUT2D eigenvalue weighted by atomic mass is 10.1. The van der Waals surface area contributed by atoms with Gasteiger partial charge in [0.15, 0.2) is 5.71 Å². The molecule has 0 unspecified atom stereocenters. The van der Waals surface area contributed by atoms with Crippen LogP contribution in [-0.4, -0.2) is 16.8 Å². The first-order valence-corrected chi connectivity index (χ1v) is 7.11. The van der Waals surface area contributed by atoms with Gasteiger partial charge in [-0.1, -0.05) is 35.0 Å². The Morgan fingerprint density at radius 2 is 1.90 bits per heavy atom. The highest BCUT2D eigenvalue weighted by Crippen LogP contribution is 2.18. The fourth-order valence-corrected chi connectivity index (χ4v) is 2.73. The Hall–Kier alpha value is -1.60. The van der Waals surface area contributed by atoms with E-state index in [-0.39, 0.29) is 5.71 Å². The molecule has 0 saturated heterocycles. The molecule has 2 aromatic carbocycles. The van der Waals surface area contributed by atoms with Crippen LogP contribution in [0.4, 0.5) is 5.69 Å². The molecule has 2 N–H and O–H groups in total. The second-order valence-corrected chi connectivity index (χ2v) is 5.61. The van der Waals surface area contributed by atoms with E-state index < -0.39 is 5.91 Å². The second-order valence-electron chi connectivity index (χ2n) is 3.93. The van der Waals surface area contributed by atoms with Gasteiger partial charge < -0.3 is 10.5 Å². The Labute approximate surface area is 134 Å². The van der Waals surface area contributed by atoms with Crippen molar-refractivity contribution < 1.29 is 10.0 Å². The highest BCUT2D eigenvalue weighted by atomic mass is 127. The molecular weight excluding hydrogens is 391 g/mol. The van der Waals surface area contributed by atoms with Gasteiger partial charge in [0.25, 0.3) is 5.91 Å². The molecule has 0 aliphatic heterocycles. The number of nitrogens with one attached hydrogen (secondary N) is 1. The molecule has 0 spiro atoms. The molecular formula is C14H10ClIN2O2. The first-order valence-electron chi connectivity index (χ1n) is 5.65. The smallest absolute Gasteiger partial charge is 0.278 e. The van der Waals surface area contributed by atoms with Crippen molar-refractivity contribution in [3.8, 4) is 0 Å². The summed E-state index contributed by atoms with van der Waals surface area (Å²) in [6, 6.07) is 14.0. The summed E-state index contributed by atoms with van der Waals surface area (Å²) in [5.74, 6) is -0.503. The average molecular weight is 401 g/mol. The van der Waals surface area contributed by atoms with E-state index in [0.717, 1.165) is 3.57 Å². The zero-order chi connectivity index (χ0) is 14.5. The van der Waals surface area contributed by atoms with Crippen LogP contribution in [0.5, 0.6) is 0 Å². The standard InChI is InChI=1S/C14H10ClIN2O2/c15-10-6-9(7-11(16)8-10)13(18-20)14(19)17-12-4-2-1-3-5-12/h1-8,20H,(H,17,19)/b18-13+. The molecule has 102 valence electrons. The molecule has 0 aliphatic carbocycles. The van der Waals surface area contributed by atoms with Crippen molar-refractivity contribution in [3.05, 3.63) is 62.7 Å². The maximum Gasteiger partial charge on any atom is 0.278 e. The van der Waals surface area contributed by atoms with E-state index >= 15 is 0 Å². The van der Waals surface area contributed by atoms with E-state index in [0.29, 0.717) is 16.3 Å². The van der Waals surface area contributed by atoms with Crippen molar-refractivity contribution in [3.63, 3.8) is 0 Å². The highest BCUT2D eigenvalue weighted by molar-refractivity contribution is 14.1. The van der Waals surface area contributed by atoms with Crippen LogP contribution >= 0.6 is 34.2 Å². The zero-order valence-corrected chi connectivity index (χ0v) is 13.1. The average Bonchev–Trinajstić information content (AvgIpc) is 2.39. The predicted octanol–water partition coefficient (Wildman–Crippen LogP) is 3.76. The summed E-state index contributed by atoms with van der Waals surface area (Å²) in [4.78, 5) is 12.1. The highest BCUT2D eigenvalue weighted by Gasteiger charge is 2.16. The first-order chi connectivity index (χ1) is 9.60. The molecule has 2 rings (SSSR count). The summed E-state index contributed by atoms with van der Waals surface area (Å²) >= 11 is 8.02. The number of amides is 1. The Balaban J connectivity index is 2.26. The SMILES string of the molecule is O=C(Nc1ccccc1)/C(=N/O)c1cc(Cl)cc(I)c1. The molecule has 2 aromatic rings. The van der Waals surface area contributed by atoms with Crippen molar-refractivity contribution in [2.75, 3.05) is 5.32 Å². The topological polar surface area (TPSA) is 61.7 Å². The zero-order valence-electron chi connectivity index (χ0n) is 10.2. The summed E-state index contributed by atoms with van der Waals surface area (Å²) in [5, 5.41) is 15.3. The lowest BCUT2D eigenvalue weighted by molar-refractivity contribution is -0.110. The van der Waals surface area contributed by atoms with Crippen molar-refractivity contribution >= 4 is 51.5 Å². The number of hydrogen-bond donors (Lipinski definition) is 2.